The number of halogens is 3. The van der Waals surface area contributed by atoms with Gasteiger partial charge in [-0.3, -0.25) is 4.79 Å². The lowest BCUT2D eigenvalue weighted by atomic mass is 10.2. The zero-order valence-electron chi connectivity index (χ0n) is 13.9. The van der Waals surface area contributed by atoms with Crippen molar-refractivity contribution >= 4 is 50.9 Å². The Morgan fingerprint density at radius 2 is 2.11 bits per heavy atom. The van der Waals surface area contributed by atoms with Gasteiger partial charge in [0.2, 0.25) is 5.91 Å². The van der Waals surface area contributed by atoms with E-state index in [1.165, 1.54) is 30.0 Å². The predicted molar refractivity (Wildman–Crippen MR) is 107 cm³/mol. The average Bonchev–Trinajstić information content (AvgIpc) is 2.99. The first-order valence-corrected chi connectivity index (χ1v) is 9.77. The molecule has 140 valence electrons. The molecule has 0 radical (unpaired) electrons. The lowest BCUT2D eigenvalue weighted by Gasteiger charge is -2.07. The largest absolute Gasteiger partial charge is 0.507 e. The van der Waals surface area contributed by atoms with E-state index in [-0.39, 0.29) is 22.4 Å². The number of aromatic nitrogens is 3. The van der Waals surface area contributed by atoms with Crippen LogP contribution in [-0.2, 0) is 11.8 Å². The number of hydrogen-bond donors (Lipinski definition) is 2. The van der Waals surface area contributed by atoms with Crippen molar-refractivity contribution in [2.45, 2.75) is 5.16 Å². The summed E-state index contributed by atoms with van der Waals surface area (Å²) >= 11 is 10.2. The maximum absolute atomic E-state index is 13.2. The first-order chi connectivity index (χ1) is 12.8. The van der Waals surface area contributed by atoms with Crippen molar-refractivity contribution < 1.29 is 14.3 Å². The van der Waals surface area contributed by atoms with Gasteiger partial charge in [-0.15, -0.1) is 10.2 Å². The lowest BCUT2D eigenvalue weighted by Crippen LogP contribution is -2.14. The molecule has 1 heterocycles. The van der Waals surface area contributed by atoms with E-state index in [1.54, 1.807) is 29.8 Å². The van der Waals surface area contributed by atoms with Gasteiger partial charge in [0.05, 0.1) is 16.3 Å². The Bertz CT molecular complexity index is 1010. The van der Waals surface area contributed by atoms with Crippen LogP contribution in [0.5, 0.6) is 5.75 Å². The summed E-state index contributed by atoms with van der Waals surface area (Å²) in [5.74, 6) is -0.215. The highest BCUT2D eigenvalue weighted by Gasteiger charge is 2.16. The van der Waals surface area contributed by atoms with Crippen LogP contribution >= 0.6 is 39.3 Å². The number of rotatable bonds is 5. The van der Waals surface area contributed by atoms with Gasteiger partial charge in [0.25, 0.3) is 0 Å². The SMILES string of the molecule is Cn1c(SCC(=O)Nc2ccc(F)c(Cl)c2)nnc1-c1cc(Br)ccc1O. The highest BCUT2D eigenvalue weighted by molar-refractivity contribution is 9.10. The summed E-state index contributed by atoms with van der Waals surface area (Å²) in [6.07, 6.45) is 0. The van der Waals surface area contributed by atoms with Crippen LogP contribution < -0.4 is 5.32 Å². The number of hydrogen-bond acceptors (Lipinski definition) is 5. The van der Waals surface area contributed by atoms with E-state index >= 15 is 0 Å². The molecule has 0 saturated heterocycles. The number of carbonyl (C=O) groups excluding carboxylic acids is 1. The van der Waals surface area contributed by atoms with Gasteiger partial charge in [-0.2, -0.15) is 0 Å². The molecule has 0 spiro atoms. The number of amides is 1. The number of nitrogens with one attached hydrogen (secondary N) is 1. The molecule has 27 heavy (non-hydrogen) atoms. The highest BCUT2D eigenvalue weighted by Crippen LogP contribution is 2.32. The third kappa shape index (κ3) is 4.60. The fourth-order valence-electron chi connectivity index (χ4n) is 2.26. The Morgan fingerprint density at radius 3 is 2.85 bits per heavy atom. The Kier molecular flexibility index (Phi) is 6.03. The number of phenolic OH excluding ortho intramolecular Hbond substituents is 1. The maximum Gasteiger partial charge on any atom is 0.234 e. The van der Waals surface area contributed by atoms with Crippen LogP contribution in [0.25, 0.3) is 11.4 Å². The molecule has 6 nitrogen and oxygen atoms in total. The van der Waals surface area contributed by atoms with E-state index in [1.807, 2.05) is 0 Å². The Morgan fingerprint density at radius 1 is 1.33 bits per heavy atom. The number of carbonyl (C=O) groups is 1. The Labute approximate surface area is 171 Å². The van der Waals surface area contributed by atoms with Crippen LogP contribution in [0.4, 0.5) is 10.1 Å². The van der Waals surface area contributed by atoms with E-state index in [0.717, 1.165) is 4.47 Å². The molecule has 0 aliphatic carbocycles. The minimum absolute atomic E-state index is 0.0628. The minimum Gasteiger partial charge on any atom is -0.507 e. The molecule has 0 aliphatic rings. The van der Waals surface area contributed by atoms with Gasteiger partial charge in [-0.25, -0.2) is 4.39 Å². The molecule has 0 saturated carbocycles. The summed E-state index contributed by atoms with van der Waals surface area (Å²) < 4.78 is 15.6. The summed E-state index contributed by atoms with van der Waals surface area (Å²) in [7, 11) is 1.75. The molecule has 10 heteroatoms. The summed E-state index contributed by atoms with van der Waals surface area (Å²) in [6.45, 7) is 0. The molecule has 3 rings (SSSR count). The van der Waals surface area contributed by atoms with Crippen molar-refractivity contribution in [2.24, 2.45) is 7.05 Å². The molecule has 3 aromatic rings. The average molecular weight is 472 g/mol. The van der Waals surface area contributed by atoms with Crippen molar-refractivity contribution in [3.63, 3.8) is 0 Å². The van der Waals surface area contributed by atoms with Gasteiger partial charge in [-0.1, -0.05) is 39.3 Å². The maximum atomic E-state index is 13.2. The lowest BCUT2D eigenvalue weighted by molar-refractivity contribution is -0.113. The zero-order valence-corrected chi connectivity index (χ0v) is 17.1. The summed E-state index contributed by atoms with van der Waals surface area (Å²) in [5.41, 5.74) is 0.932. The first kappa shape index (κ1) is 19.7. The fraction of sp³-hybridized carbons (Fsp3) is 0.118. The van der Waals surface area contributed by atoms with Gasteiger partial charge in [-0.05, 0) is 36.4 Å². The molecule has 0 aliphatic heterocycles. The number of anilines is 1. The highest BCUT2D eigenvalue weighted by atomic mass is 79.9. The van der Waals surface area contributed by atoms with E-state index in [9.17, 15) is 14.3 Å². The molecular formula is C17H13BrClFN4O2S. The van der Waals surface area contributed by atoms with Crippen LogP contribution in [0.15, 0.2) is 46.0 Å². The first-order valence-electron chi connectivity index (χ1n) is 7.61. The molecule has 0 bridgehead atoms. The summed E-state index contributed by atoms with van der Waals surface area (Å²) in [6, 6.07) is 8.97. The number of thioether (sulfide) groups is 1. The fourth-order valence-corrected chi connectivity index (χ4v) is 3.52. The van der Waals surface area contributed by atoms with Crippen LogP contribution in [0.2, 0.25) is 5.02 Å². The van der Waals surface area contributed by atoms with Gasteiger partial charge >= 0.3 is 0 Å². The molecule has 0 unspecified atom stereocenters. The van der Waals surface area contributed by atoms with Crippen molar-refractivity contribution in [3.05, 3.63) is 51.7 Å². The smallest absolute Gasteiger partial charge is 0.234 e. The van der Waals surface area contributed by atoms with Crippen LogP contribution in [-0.4, -0.2) is 31.5 Å². The number of aromatic hydroxyl groups is 1. The summed E-state index contributed by atoms with van der Waals surface area (Å²) in [5, 5.41) is 21.3. The second kappa shape index (κ2) is 8.28. The summed E-state index contributed by atoms with van der Waals surface area (Å²) in [4.78, 5) is 12.1. The Balaban J connectivity index is 1.68. The third-order valence-corrected chi connectivity index (χ3v) is 5.37. The van der Waals surface area contributed by atoms with E-state index in [0.29, 0.717) is 22.2 Å². The number of benzene rings is 2. The topological polar surface area (TPSA) is 80.0 Å². The third-order valence-electron chi connectivity index (χ3n) is 3.57. The van der Waals surface area contributed by atoms with E-state index in [4.69, 9.17) is 11.6 Å². The zero-order chi connectivity index (χ0) is 19.6. The van der Waals surface area contributed by atoms with Crippen LogP contribution in [0.3, 0.4) is 0 Å². The standard InChI is InChI=1S/C17H13BrClFN4O2S/c1-24-16(11-6-9(18)2-5-14(11)25)22-23-17(24)27-8-15(26)21-10-3-4-13(20)12(19)7-10/h2-7,25H,8H2,1H3,(H,21,26). The Hall–Kier alpha value is -2.10. The molecule has 2 aromatic carbocycles. The molecule has 0 atom stereocenters. The van der Waals surface area contributed by atoms with E-state index < -0.39 is 5.82 Å². The van der Waals surface area contributed by atoms with Crippen molar-refractivity contribution in [3.8, 4) is 17.1 Å². The van der Waals surface area contributed by atoms with Crippen LogP contribution in [0, 0.1) is 5.82 Å². The van der Waals surface area contributed by atoms with Gasteiger partial charge in [0.15, 0.2) is 11.0 Å². The second-order valence-electron chi connectivity index (χ2n) is 5.49. The second-order valence-corrected chi connectivity index (χ2v) is 7.76. The number of nitrogens with zero attached hydrogens (tertiary/aromatic N) is 3. The normalized spacial score (nSPS) is 10.8. The van der Waals surface area contributed by atoms with Gasteiger partial charge < -0.3 is 15.0 Å². The monoisotopic (exact) mass is 470 g/mol. The quantitative estimate of drug-likeness (QED) is 0.537. The van der Waals surface area contributed by atoms with Gasteiger partial charge in [0, 0.05) is 17.2 Å². The molecule has 1 amide bonds. The predicted octanol–water partition coefficient (Wildman–Crippen LogP) is 4.47. The van der Waals surface area contributed by atoms with Gasteiger partial charge in [0.1, 0.15) is 11.6 Å². The molecular weight excluding hydrogens is 459 g/mol. The van der Waals surface area contributed by atoms with Crippen molar-refractivity contribution in [1.29, 1.82) is 0 Å². The number of phenols is 1. The molecule has 0 fully saturated rings. The minimum atomic E-state index is -0.550. The van der Waals surface area contributed by atoms with Crippen LogP contribution in [0.1, 0.15) is 0 Å². The van der Waals surface area contributed by atoms with Crippen molar-refractivity contribution in [2.75, 3.05) is 11.1 Å². The molecule has 2 N–H and O–H groups in total. The van der Waals surface area contributed by atoms with E-state index in [2.05, 4.69) is 31.4 Å². The molecule has 1 aromatic heterocycles. The van der Waals surface area contributed by atoms with Crippen molar-refractivity contribution in [1.82, 2.24) is 14.8 Å².